The Hall–Kier alpha value is 0.150. The van der Waals surface area contributed by atoms with Crippen LogP contribution in [0.15, 0.2) is 24.5 Å². The summed E-state index contributed by atoms with van der Waals surface area (Å²) >= 11 is 4.56. The van der Waals surface area contributed by atoms with Gasteiger partial charge in [-0.3, -0.25) is 4.40 Å². The average Bonchev–Trinajstić information content (AvgIpc) is 2.33. The van der Waals surface area contributed by atoms with Crippen molar-refractivity contribution >= 4 is 50.8 Å². The maximum Gasteiger partial charge on any atom is 0.137 e. The first-order valence-corrected chi connectivity index (χ1v) is 5.21. The Labute approximate surface area is 91.3 Å². The van der Waals surface area contributed by atoms with Crippen LogP contribution in [0.3, 0.4) is 0 Å². The molecule has 0 saturated heterocycles. The summed E-state index contributed by atoms with van der Waals surface area (Å²) in [6.45, 7) is 0. The molecule has 4 heteroatoms. The molecule has 0 radical (unpaired) electrons. The first kappa shape index (κ1) is 7.78. The van der Waals surface area contributed by atoms with Crippen LogP contribution in [0, 0.1) is 7.27 Å². The zero-order chi connectivity index (χ0) is 7.84. The second kappa shape index (κ2) is 2.89. The van der Waals surface area contributed by atoms with Crippen LogP contribution in [0.4, 0.5) is 0 Å². The molecule has 2 heterocycles. The molecule has 2 rings (SSSR count). The van der Waals surface area contributed by atoms with Crippen molar-refractivity contribution < 1.29 is 0 Å². The highest BCUT2D eigenvalue weighted by Gasteiger charge is 1.98. The van der Waals surface area contributed by atoms with Gasteiger partial charge < -0.3 is 0 Å². The Morgan fingerprint density at radius 3 is 2.91 bits per heavy atom. The molecule has 0 amide bonds. The van der Waals surface area contributed by atoms with E-state index in [9.17, 15) is 0 Å². The molecule has 0 aliphatic carbocycles. The largest absolute Gasteiger partial charge is 0.294 e. The highest BCUT2D eigenvalue weighted by molar-refractivity contribution is 14.1. The van der Waals surface area contributed by atoms with Crippen LogP contribution in [0.25, 0.3) is 5.65 Å². The number of nitrogens with zero attached hydrogens (tertiary/aromatic N) is 2. The minimum atomic E-state index is 1.01. The van der Waals surface area contributed by atoms with Crippen LogP contribution in [-0.2, 0) is 0 Å². The summed E-state index contributed by atoms with van der Waals surface area (Å²) in [7, 11) is 0. The molecule has 56 valence electrons. The lowest BCUT2D eigenvalue weighted by molar-refractivity contribution is 1.14. The van der Waals surface area contributed by atoms with Gasteiger partial charge in [-0.25, -0.2) is 4.98 Å². The molecule has 2 aromatic heterocycles. The third-order valence-electron chi connectivity index (χ3n) is 1.42. The van der Waals surface area contributed by atoms with Crippen molar-refractivity contribution in [1.29, 1.82) is 0 Å². The smallest absolute Gasteiger partial charge is 0.137 e. The van der Waals surface area contributed by atoms with E-state index in [1.807, 2.05) is 12.3 Å². The zero-order valence-electron chi connectivity index (χ0n) is 5.46. The van der Waals surface area contributed by atoms with E-state index < -0.39 is 0 Å². The molecule has 0 fully saturated rings. The van der Waals surface area contributed by atoms with Gasteiger partial charge in [0.1, 0.15) is 9.35 Å². The van der Waals surface area contributed by atoms with E-state index >= 15 is 0 Å². The summed E-state index contributed by atoms with van der Waals surface area (Å²) in [6.07, 6.45) is 3.94. The van der Waals surface area contributed by atoms with Crippen LogP contribution in [-0.4, -0.2) is 9.38 Å². The summed E-state index contributed by atoms with van der Waals surface area (Å²) in [4.78, 5) is 4.21. The van der Waals surface area contributed by atoms with E-state index in [2.05, 4.69) is 66.8 Å². The molecule has 0 atom stereocenters. The Kier molecular flexibility index (Phi) is 2.04. The lowest BCUT2D eigenvalue weighted by Gasteiger charge is -1.94. The number of hydrogen-bond acceptors (Lipinski definition) is 1. The van der Waals surface area contributed by atoms with Crippen molar-refractivity contribution in [2.75, 3.05) is 0 Å². The van der Waals surface area contributed by atoms with Crippen molar-refractivity contribution in [3.8, 4) is 0 Å². The summed E-state index contributed by atoms with van der Waals surface area (Å²) < 4.78 is 4.45. The number of pyridine rings is 1. The predicted molar refractivity (Wildman–Crippen MR) is 60.6 cm³/mol. The zero-order valence-corrected chi connectivity index (χ0v) is 9.77. The molecule has 0 N–H and O–H groups in total. The van der Waals surface area contributed by atoms with Gasteiger partial charge in [0.05, 0.1) is 6.20 Å². The Morgan fingerprint density at radius 1 is 1.27 bits per heavy atom. The lowest BCUT2D eigenvalue weighted by Crippen LogP contribution is -1.86. The molecule has 0 aliphatic heterocycles. The maximum atomic E-state index is 4.21. The van der Waals surface area contributed by atoms with Crippen molar-refractivity contribution in [1.82, 2.24) is 9.38 Å². The SMILES string of the molecule is Ic1ccc2ncc(I)n2c1. The summed E-state index contributed by atoms with van der Waals surface area (Å²) in [5.41, 5.74) is 1.01. The quantitative estimate of drug-likeness (QED) is 0.652. The highest BCUT2D eigenvalue weighted by Crippen LogP contribution is 2.11. The van der Waals surface area contributed by atoms with Crippen molar-refractivity contribution in [3.05, 3.63) is 31.8 Å². The topological polar surface area (TPSA) is 17.3 Å². The van der Waals surface area contributed by atoms with Gasteiger partial charge >= 0.3 is 0 Å². The van der Waals surface area contributed by atoms with Crippen LogP contribution < -0.4 is 0 Å². The van der Waals surface area contributed by atoms with Crippen molar-refractivity contribution in [2.24, 2.45) is 0 Å². The molecule has 0 bridgehead atoms. The first-order valence-electron chi connectivity index (χ1n) is 3.05. The van der Waals surface area contributed by atoms with Gasteiger partial charge in [0, 0.05) is 9.77 Å². The van der Waals surface area contributed by atoms with Crippen LogP contribution in [0.1, 0.15) is 0 Å². The molecule has 0 aliphatic rings. The molecule has 0 aromatic carbocycles. The van der Waals surface area contributed by atoms with Gasteiger partial charge in [0.15, 0.2) is 0 Å². The van der Waals surface area contributed by atoms with E-state index in [4.69, 9.17) is 0 Å². The molecule has 0 unspecified atom stereocenters. The Morgan fingerprint density at radius 2 is 2.09 bits per heavy atom. The fraction of sp³-hybridized carbons (Fsp3) is 0. The van der Waals surface area contributed by atoms with Crippen molar-refractivity contribution in [2.45, 2.75) is 0 Å². The Balaban J connectivity index is 2.87. The lowest BCUT2D eigenvalue weighted by atomic mass is 10.5. The van der Waals surface area contributed by atoms with Crippen LogP contribution >= 0.6 is 45.2 Å². The van der Waals surface area contributed by atoms with E-state index in [-0.39, 0.29) is 0 Å². The summed E-state index contributed by atoms with van der Waals surface area (Å²) in [6, 6.07) is 4.07. The second-order valence-electron chi connectivity index (χ2n) is 2.16. The summed E-state index contributed by atoms with van der Waals surface area (Å²) in [5.74, 6) is 0. The number of imidazole rings is 1. The fourth-order valence-corrected chi connectivity index (χ4v) is 1.91. The molecule has 2 nitrogen and oxygen atoms in total. The molecule has 0 spiro atoms. The third-order valence-corrected chi connectivity index (χ3v) is 2.86. The van der Waals surface area contributed by atoms with Crippen LogP contribution in [0.5, 0.6) is 0 Å². The van der Waals surface area contributed by atoms with Crippen molar-refractivity contribution in [3.63, 3.8) is 0 Å². The number of rotatable bonds is 0. The minimum Gasteiger partial charge on any atom is -0.294 e. The Bertz CT molecular complexity index is 394. The maximum absolute atomic E-state index is 4.21. The predicted octanol–water partition coefficient (Wildman–Crippen LogP) is 2.54. The van der Waals surface area contributed by atoms with E-state index in [1.165, 1.54) is 3.57 Å². The number of aromatic nitrogens is 2. The van der Waals surface area contributed by atoms with Gasteiger partial charge in [0.25, 0.3) is 0 Å². The van der Waals surface area contributed by atoms with E-state index in [1.54, 1.807) is 0 Å². The monoisotopic (exact) mass is 370 g/mol. The number of fused-ring (bicyclic) bond motifs is 1. The number of hydrogen-bond donors (Lipinski definition) is 0. The first-order chi connectivity index (χ1) is 5.27. The van der Waals surface area contributed by atoms with Gasteiger partial charge in [-0.15, -0.1) is 0 Å². The summed E-state index contributed by atoms with van der Waals surface area (Å²) in [5, 5.41) is 0. The molecular formula is C7H4I2N2. The second-order valence-corrected chi connectivity index (χ2v) is 4.51. The number of halogens is 2. The molecule has 2 aromatic rings. The van der Waals surface area contributed by atoms with Gasteiger partial charge in [-0.2, -0.15) is 0 Å². The van der Waals surface area contributed by atoms with Crippen LogP contribution in [0.2, 0.25) is 0 Å². The minimum absolute atomic E-state index is 1.01. The normalized spacial score (nSPS) is 10.7. The average molecular weight is 370 g/mol. The molecule has 11 heavy (non-hydrogen) atoms. The molecule has 0 saturated carbocycles. The standard InChI is InChI=1S/C7H4I2N2/c8-5-1-2-7-10-3-6(9)11(7)4-5/h1-4H. The fourth-order valence-electron chi connectivity index (χ4n) is 0.925. The third kappa shape index (κ3) is 1.37. The van der Waals surface area contributed by atoms with E-state index in [0.717, 1.165) is 9.35 Å². The van der Waals surface area contributed by atoms with E-state index in [0.29, 0.717) is 0 Å². The molecular weight excluding hydrogens is 366 g/mol. The van der Waals surface area contributed by atoms with Gasteiger partial charge in [-0.1, -0.05) is 0 Å². The van der Waals surface area contributed by atoms with Gasteiger partial charge in [-0.05, 0) is 57.3 Å². The van der Waals surface area contributed by atoms with Gasteiger partial charge in [0.2, 0.25) is 0 Å². The highest BCUT2D eigenvalue weighted by atomic mass is 127.